The predicted molar refractivity (Wildman–Crippen MR) is 135 cm³/mol. The number of aromatic nitrogens is 2. The predicted octanol–water partition coefficient (Wildman–Crippen LogP) is 6.07. The largest absolute Gasteiger partial charge is 0.434 e. The molecule has 0 unspecified atom stereocenters. The Labute approximate surface area is 214 Å². The summed E-state index contributed by atoms with van der Waals surface area (Å²) in [7, 11) is 4.13. The molecule has 0 atom stereocenters. The normalized spacial score (nSPS) is 20.5. The van der Waals surface area contributed by atoms with E-state index in [1.54, 1.807) is 0 Å². The number of benzene rings is 2. The first kappa shape index (κ1) is 26.2. The summed E-state index contributed by atoms with van der Waals surface area (Å²) in [6.45, 7) is 2.06. The number of alkyl halides is 3. The molecule has 1 fully saturated rings. The Bertz CT molecular complexity index is 1200. The van der Waals surface area contributed by atoms with E-state index in [4.69, 9.17) is 11.6 Å². The molecular weight excluding hydrogens is 489 g/mol. The Morgan fingerprint density at radius 1 is 1.11 bits per heavy atom. The van der Waals surface area contributed by atoms with Crippen molar-refractivity contribution in [1.29, 1.82) is 0 Å². The molecule has 1 aromatic heterocycles. The Morgan fingerprint density at radius 2 is 1.72 bits per heavy atom. The lowest BCUT2D eigenvalue weighted by Crippen LogP contribution is -2.52. The van der Waals surface area contributed by atoms with Crippen molar-refractivity contribution in [3.05, 3.63) is 82.1 Å². The van der Waals surface area contributed by atoms with Gasteiger partial charge in [-0.15, -0.1) is 0 Å². The molecule has 3 aromatic rings. The number of carbonyl (C=O) groups excluding carboxylic acids is 1. The van der Waals surface area contributed by atoms with E-state index in [2.05, 4.69) is 60.6 Å². The minimum absolute atomic E-state index is 0.0624. The number of hydrogen-bond donors (Lipinski definition) is 1. The maximum absolute atomic E-state index is 14.0. The van der Waals surface area contributed by atoms with E-state index in [1.807, 2.05) is 0 Å². The standard InChI is InChI=1S/C27H30ClF3N4O/c1-18-4-6-19(7-5-18)16-26(34(2)3)14-12-21(13-15-26)33-25(36)23-17-32-35(24(23)27(29,30)31)22-10-8-20(28)9-11-22/h4-11,17,21H,12-16H2,1-3H3,(H,33,36). The van der Waals surface area contributed by atoms with E-state index in [-0.39, 0.29) is 17.3 Å². The molecule has 1 saturated carbocycles. The zero-order chi connectivity index (χ0) is 26.1. The summed E-state index contributed by atoms with van der Waals surface area (Å²) in [4.78, 5) is 15.2. The SMILES string of the molecule is Cc1ccc(CC2(N(C)C)CCC(NC(=O)c3cnn(-c4ccc(Cl)cc4)c3C(F)(F)F)CC2)cc1. The van der Waals surface area contributed by atoms with Crippen molar-refractivity contribution in [2.75, 3.05) is 14.1 Å². The summed E-state index contributed by atoms with van der Waals surface area (Å²) in [5.41, 5.74) is 0.993. The van der Waals surface area contributed by atoms with Gasteiger partial charge in [0.1, 0.15) is 0 Å². The highest BCUT2D eigenvalue weighted by molar-refractivity contribution is 6.30. The van der Waals surface area contributed by atoms with Gasteiger partial charge in [0, 0.05) is 16.6 Å². The number of hydrogen-bond acceptors (Lipinski definition) is 3. The second-order valence-corrected chi connectivity index (χ2v) is 10.3. The Balaban J connectivity index is 1.49. The maximum atomic E-state index is 14.0. The van der Waals surface area contributed by atoms with Crippen LogP contribution in [0.4, 0.5) is 13.2 Å². The first-order valence-electron chi connectivity index (χ1n) is 11.9. The Hall–Kier alpha value is -2.84. The monoisotopic (exact) mass is 518 g/mol. The lowest BCUT2D eigenvalue weighted by atomic mass is 9.74. The molecule has 1 amide bonds. The van der Waals surface area contributed by atoms with Gasteiger partial charge in [0.25, 0.3) is 5.91 Å². The number of amides is 1. The molecule has 0 aliphatic heterocycles. The van der Waals surface area contributed by atoms with E-state index >= 15 is 0 Å². The smallest absolute Gasteiger partial charge is 0.349 e. The van der Waals surface area contributed by atoms with Crippen molar-refractivity contribution < 1.29 is 18.0 Å². The zero-order valence-corrected chi connectivity index (χ0v) is 21.3. The minimum Gasteiger partial charge on any atom is -0.349 e. The molecule has 1 aliphatic carbocycles. The zero-order valence-electron chi connectivity index (χ0n) is 20.6. The van der Waals surface area contributed by atoms with E-state index in [0.29, 0.717) is 17.9 Å². The van der Waals surface area contributed by atoms with Crippen molar-refractivity contribution in [2.24, 2.45) is 0 Å². The van der Waals surface area contributed by atoms with Gasteiger partial charge in [0.15, 0.2) is 5.69 Å². The van der Waals surface area contributed by atoms with E-state index < -0.39 is 23.3 Å². The number of likely N-dealkylation sites (N-methyl/N-ethyl adjacent to an activating group) is 1. The summed E-state index contributed by atoms with van der Waals surface area (Å²) >= 11 is 5.86. The molecule has 0 saturated heterocycles. The van der Waals surface area contributed by atoms with Gasteiger partial charge in [-0.05, 0) is 83.0 Å². The van der Waals surface area contributed by atoms with Crippen LogP contribution in [0.2, 0.25) is 5.02 Å². The summed E-state index contributed by atoms with van der Waals surface area (Å²) in [5, 5.41) is 7.11. The Morgan fingerprint density at radius 3 is 2.28 bits per heavy atom. The fourth-order valence-corrected chi connectivity index (χ4v) is 5.12. The van der Waals surface area contributed by atoms with Crippen LogP contribution in [-0.4, -0.2) is 46.3 Å². The minimum atomic E-state index is -4.76. The van der Waals surface area contributed by atoms with E-state index in [1.165, 1.54) is 35.4 Å². The third-order valence-electron chi connectivity index (χ3n) is 7.21. The molecule has 4 rings (SSSR count). The summed E-state index contributed by atoms with van der Waals surface area (Å²) in [5.74, 6) is -0.761. The average Bonchev–Trinajstić information content (AvgIpc) is 3.28. The Kier molecular flexibility index (Phi) is 7.48. The number of nitrogens with zero attached hydrogens (tertiary/aromatic N) is 3. The number of aryl methyl sites for hydroxylation is 1. The third-order valence-corrected chi connectivity index (χ3v) is 7.46. The van der Waals surface area contributed by atoms with Crippen molar-refractivity contribution >= 4 is 17.5 Å². The van der Waals surface area contributed by atoms with Crippen molar-refractivity contribution in [3.63, 3.8) is 0 Å². The second-order valence-electron chi connectivity index (χ2n) is 9.82. The molecule has 9 heteroatoms. The molecule has 1 aliphatic rings. The molecule has 0 bridgehead atoms. The second kappa shape index (κ2) is 10.3. The highest BCUT2D eigenvalue weighted by atomic mass is 35.5. The number of carbonyl (C=O) groups is 1. The fourth-order valence-electron chi connectivity index (χ4n) is 5.00. The van der Waals surface area contributed by atoms with Crippen molar-refractivity contribution in [3.8, 4) is 5.69 Å². The van der Waals surface area contributed by atoms with Crippen LogP contribution in [0.5, 0.6) is 0 Å². The van der Waals surface area contributed by atoms with E-state index in [9.17, 15) is 18.0 Å². The van der Waals surface area contributed by atoms with E-state index in [0.717, 1.165) is 30.1 Å². The van der Waals surface area contributed by atoms with Crippen LogP contribution in [0.3, 0.4) is 0 Å². The first-order chi connectivity index (χ1) is 17.0. The van der Waals surface area contributed by atoms with Gasteiger partial charge < -0.3 is 10.2 Å². The highest BCUT2D eigenvalue weighted by Gasteiger charge is 2.42. The van der Waals surface area contributed by atoms with Crippen LogP contribution in [0.15, 0.2) is 54.7 Å². The molecule has 192 valence electrons. The van der Waals surface area contributed by atoms with Crippen LogP contribution < -0.4 is 5.32 Å². The van der Waals surface area contributed by atoms with Gasteiger partial charge in [-0.2, -0.15) is 18.3 Å². The third kappa shape index (κ3) is 5.60. The fraction of sp³-hybridized carbons (Fsp3) is 0.407. The van der Waals surface area contributed by atoms with Gasteiger partial charge in [-0.25, -0.2) is 4.68 Å². The number of nitrogens with one attached hydrogen (secondary N) is 1. The lowest BCUT2D eigenvalue weighted by Gasteiger charge is -2.45. The summed E-state index contributed by atoms with van der Waals surface area (Å²) < 4.78 is 42.7. The van der Waals surface area contributed by atoms with Gasteiger partial charge >= 0.3 is 6.18 Å². The van der Waals surface area contributed by atoms with Crippen LogP contribution >= 0.6 is 11.6 Å². The number of rotatable bonds is 6. The topological polar surface area (TPSA) is 50.2 Å². The molecule has 2 aromatic carbocycles. The average molecular weight is 519 g/mol. The molecule has 0 spiro atoms. The van der Waals surface area contributed by atoms with Crippen LogP contribution in [-0.2, 0) is 12.6 Å². The lowest BCUT2D eigenvalue weighted by molar-refractivity contribution is -0.143. The highest BCUT2D eigenvalue weighted by Crippen LogP contribution is 2.37. The van der Waals surface area contributed by atoms with Crippen LogP contribution in [0.1, 0.15) is 52.9 Å². The van der Waals surface area contributed by atoms with Crippen molar-refractivity contribution in [2.45, 2.75) is 56.8 Å². The summed E-state index contributed by atoms with van der Waals surface area (Å²) in [6, 6.07) is 14.1. The van der Waals surface area contributed by atoms with Crippen molar-refractivity contribution in [1.82, 2.24) is 20.0 Å². The van der Waals surface area contributed by atoms with Gasteiger partial charge in [0.05, 0.1) is 17.4 Å². The van der Waals surface area contributed by atoms with Crippen LogP contribution in [0, 0.1) is 6.92 Å². The molecule has 0 radical (unpaired) electrons. The summed E-state index contributed by atoms with van der Waals surface area (Å²) in [6.07, 6.45) is 0.127. The van der Waals surface area contributed by atoms with Gasteiger partial charge in [-0.1, -0.05) is 41.4 Å². The van der Waals surface area contributed by atoms with Crippen LogP contribution in [0.25, 0.3) is 5.69 Å². The number of halogens is 4. The molecule has 36 heavy (non-hydrogen) atoms. The van der Waals surface area contributed by atoms with Gasteiger partial charge in [0.2, 0.25) is 0 Å². The molecule has 5 nitrogen and oxygen atoms in total. The molecular formula is C27H30ClF3N4O. The maximum Gasteiger partial charge on any atom is 0.434 e. The first-order valence-corrected chi connectivity index (χ1v) is 12.3. The quantitative estimate of drug-likeness (QED) is 0.431. The molecule has 1 N–H and O–H groups in total. The molecule has 1 heterocycles. The van der Waals surface area contributed by atoms with Gasteiger partial charge in [-0.3, -0.25) is 4.79 Å².